The third-order valence-electron chi connectivity index (χ3n) is 10.4. The van der Waals surface area contributed by atoms with Gasteiger partial charge in [0.15, 0.2) is 11.3 Å². The van der Waals surface area contributed by atoms with Gasteiger partial charge in [0.25, 0.3) is 0 Å². The van der Waals surface area contributed by atoms with E-state index in [1.165, 1.54) is 20.8 Å². The minimum atomic E-state index is -0.562. The first-order valence-corrected chi connectivity index (χ1v) is 21.5. The number of carbonyl (C=O) groups is 5. The Kier molecular flexibility index (Phi) is 17.7. The van der Waals surface area contributed by atoms with Gasteiger partial charge in [0.1, 0.15) is 36.2 Å². The lowest BCUT2D eigenvalue weighted by atomic mass is 10.2. The average molecular weight is 962 g/mol. The van der Waals surface area contributed by atoms with Crippen LogP contribution in [0.1, 0.15) is 28.2 Å². The average Bonchev–Trinajstić information content (AvgIpc) is 3.89. The van der Waals surface area contributed by atoms with E-state index in [-0.39, 0.29) is 38.2 Å². The SMILES string of the molecule is C.CC(=O)OC(C)=O.COc1cc(N2CCN(C(=O)Cn3ncc4ccc(N)nc43)CC2)ccc1Cl.COc1cc(N2CCN(C(=O)Cn3ncc4ccc(NC(C)=O)nc43)CC2)ccc1Cl. The number of pyridine rings is 2. The van der Waals surface area contributed by atoms with Gasteiger partial charge in [-0.3, -0.25) is 24.0 Å². The Balaban J connectivity index is 0.000000218. The summed E-state index contributed by atoms with van der Waals surface area (Å²) in [5, 5.41) is 14.1. The van der Waals surface area contributed by atoms with Crippen molar-refractivity contribution in [2.75, 3.05) is 87.4 Å². The number of nitrogens with two attached hydrogens (primary N) is 1. The second kappa shape index (κ2) is 23.3. The van der Waals surface area contributed by atoms with E-state index in [2.05, 4.69) is 40.0 Å². The fourth-order valence-corrected chi connectivity index (χ4v) is 7.57. The topological polar surface area (TPSA) is 225 Å². The molecule has 2 aromatic carbocycles. The molecule has 2 aliphatic heterocycles. The van der Waals surface area contributed by atoms with E-state index >= 15 is 0 Å². The summed E-state index contributed by atoms with van der Waals surface area (Å²) in [5.74, 6) is 0.789. The van der Waals surface area contributed by atoms with Crippen LogP contribution in [0.15, 0.2) is 73.1 Å². The fourth-order valence-electron chi connectivity index (χ4n) is 7.18. The number of methoxy groups -OCH3 is 2. The summed E-state index contributed by atoms with van der Waals surface area (Å²) in [6, 6.07) is 18.5. The Hall–Kier alpha value is -7.19. The first-order valence-electron chi connectivity index (χ1n) is 20.7. The summed E-state index contributed by atoms with van der Waals surface area (Å²) < 4.78 is 17.7. The lowest BCUT2D eigenvalue weighted by molar-refractivity contribution is -0.156. The Morgan fingerprint density at radius 2 is 1.06 bits per heavy atom. The maximum Gasteiger partial charge on any atom is 0.310 e. The van der Waals surface area contributed by atoms with Gasteiger partial charge in [-0.2, -0.15) is 10.2 Å². The van der Waals surface area contributed by atoms with Crippen LogP contribution in [0.3, 0.4) is 0 Å². The molecular weight excluding hydrogens is 907 g/mol. The Labute approximate surface area is 397 Å². The molecule has 2 aliphatic rings. The summed E-state index contributed by atoms with van der Waals surface area (Å²) in [6.45, 7) is 9.41. The van der Waals surface area contributed by atoms with E-state index in [1.807, 2.05) is 58.3 Å². The van der Waals surface area contributed by atoms with Gasteiger partial charge in [0.2, 0.25) is 17.7 Å². The van der Waals surface area contributed by atoms with Crippen LogP contribution in [-0.2, 0) is 41.8 Å². The summed E-state index contributed by atoms with van der Waals surface area (Å²) in [4.78, 5) is 73.3. The number of hydrogen-bond donors (Lipinski definition) is 2. The van der Waals surface area contributed by atoms with E-state index < -0.39 is 11.9 Å². The van der Waals surface area contributed by atoms with Crippen molar-refractivity contribution >= 4 is 97.9 Å². The summed E-state index contributed by atoms with van der Waals surface area (Å²) in [7, 11) is 3.19. The zero-order valence-corrected chi connectivity index (χ0v) is 38.6. The van der Waals surface area contributed by atoms with Gasteiger partial charge in [0.05, 0.1) is 36.7 Å². The summed E-state index contributed by atoms with van der Waals surface area (Å²) >= 11 is 12.2. The van der Waals surface area contributed by atoms with E-state index in [9.17, 15) is 24.0 Å². The van der Waals surface area contributed by atoms with Crippen LogP contribution < -0.4 is 30.3 Å². The number of rotatable bonds is 9. The summed E-state index contributed by atoms with van der Waals surface area (Å²) in [5.41, 5.74) is 8.99. The number of benzene rings is 2. The number of hydrogen-bond acceptors (Lipinski definition) is 15. The molecule has 0 radical (unpaired) electrons. The van der Waals surface area contributed by atoms with E-state index in [0.29, 0.717) is 83.7 Å². The number of aromatic nitrogens is 6. The molecule has 3 amide bonds. The molecule has 6 aromatic rings. The minimum absolute atomic E-state index is 0. The van der Waals surface area contributed by atoms with E-state index in [1.54, 1.807) is 48.1 Å². The number of fused-ring (bicyclic) bond motifs is 2. The highest BCUT2D eigenvalue weighted by molar-refractivity contribution is 6.32. The molecule has 0 bridgehead atoms. The maximum absolute atomic E-state index is 12.9. The van der Waals surface area contributed by atoms with Crippen molar-refractivity contribution in [2.24, 2.45) is 0 Å². The number of anilines is 4. The molecule has 0 aliphatic carbocycles. The number of halogens is 2. The molecule has 356 valence electrons. The molecule has 2 saturated heterocycles. The van der Waals surface area contributed by atoms with Crippen molar-refractivity contribution in [1.82, 2.24) is 39.3 Å². The highest BCUT2D eigenvalue weighted by atomic mass is 35.5. The monoisotopic (exact) mass is 960 g/mol. The van der Waals surface area contributed by atoms with Crippen LogP contribution in [0.4, 0.5) is 23.0 Å². The zero-order chi connectivity index (χ0) is 47.5. The Morgan fingerprint density at radius 3 is 1.46 bits per heavy atom. The molecule has 0 atom stereocenters. The molecule has 0 unspecified atom stereocenters. The predicted octanol–water partition coefficient (Wildman–Crippen LogP) is 5.16. The third kappa shape index (κ3) is 13.4. The van der Waals surface area contributed by atoms with E-state index in [0.717, 1.165) is 35.2 Å². The van der Waals surface area contributed by atoms with Gasteiger partial charge in [-0.25, -0.2) is 19.3 Å². The molecule has 6 heterocycles. The molecule has 2 fully saturated rings. The lowest BCUT2D eigenvalue weighted by Crippen LogP contribution is -2.49. The number of nitrogen functional groups attached to an aromatic ring is 1. The highest BCUT2D eigenvalue weighted by Crippen LogP contribution is 2.31. The van der Waals surface area contributed by atoms with Crippen molar-refractivity contribution in [1.29, 1.82) is 0 Å². The highest BCUT2D eigenvalue weighted by Gasteiger charge is 2.25. The molecule has 3 N–H and O–H groups in total. The van der Waals surface area contributed by atoms with Crippen LogP contribution >= 0.6 is 23.2 Å². The van der Waals surface area contributed by atoms with Crippen molar-refractivity contribution in [3.8, 4) is 11.5 Å². The molecule has 4 aromatic heterocycles. The normalized spacial score (nSPS) is 13.4. The van der Waals surface area contributed by atoms with Gasteiger partial charge in [0, 0.05) is 107 Å². The number of nitrogens with one attached hydrogen (secondary N) is 1. The molecule has 20 nitrogen and oxygen atoms in total. The van der Waals surface area contributed by atoms with Crippen molar-refractivity contribution in [3.05, 3.63) is 83.1 Å². The zero-order valence-electron chi connectivity index (χ0n) is 37.1. The fraction of sp³-hybridized carbons (Fsp3) is 0.356. The van der Waals surface area contributed by atoms with Gasteiger partial charge in [-0.1, -0.05) is 30.6 Å². The number of nitrogens with zero attached hydrogens (tertiary/aromatic N) is 10. The summed E-state index contributed by atoms with van der Waals surface area (Å²) in [6.07, 6.45) is 3.36. The smallest absolute Gasteiger partial charge is 0.310 e. The predicted molar refractivity (Wildman–Crippen MR) is 257 cm³/mol. The van der Waals surface area contributed by atoms with Crippen LogP contribution in [-0.4, -0.2) is 136 Å². The molecule has 0 saturated carbocycles. The Bertz CT molecular complexity index is 2700. The quantitative estimate of drug-likeness (QED) is 0.141. The molecule has 22 heteroatoms. The number of piperazine rings is 2. The van der Waals surface area contributed by atoms with Gasteiger partial charge >= 0.3 is 11.9 Å². The van der Waals surface area contributed by atoms with Crippen molar-refractivity contribution < 1.29 is 38.2 Å². The first kappa shape index (κ1) is 50.8. The van der Waals surface area contributed by atoms with E-state index in [4.69, 9.17) is 38.4 Å². The number of ether oxygens (including phenoxy) is 3. The number of esters is 2. The first-order chi connectivity index (χ1) is 31.6. The third-order valence-corrected chi connectivity index (χ3v) is 11.0. The number of amides is 3. The largest absolute Gasteiger partial charge is 0.495 e. The second-order valence-corrected chi connectivity index (χ2v) is 15.8. The van der Waals surface area contributed by atoms with Gasteiger partial charge in [-0.05, 0) is 48.5 Å². The lowest BCUT2D eigenvalue weighted by Gasteiger charge is -2.36. The van der Waals surface area contributed by atoms with Crippen LogP contribution in [0, 0.1) is 0 Å². The van der Waals surface area contributed by atoms with Crippen molar-refractivity contribution in [3.63, 3.8) is 0 Å². The van der Waals surface area contributed by atoms with Crippen LogP contribution in [0.25, 0.3) is 22.1 Å². The molecule has 8 rings (SSSR count). The minimum Gasteiger partial charge on any atom is -0.495 e. The van der Waals surface area contributed by atoms with Gasteiger partial charge in [-0.15, -0.1) is 0 Å². The van der Waals surface area contributed by atoms with Gasteiger partial charge < -0.3 is 44.9 Å². The molecule has 67 heavy (non-hydrogen) atoms. The number of carbonyl (C=O) groups excluding carboxylic acids is 5. The van der Waals surface area contributed by atoms with Crippen LogP contribution in [0.2, 0.25) is 10.0 Å². The van der Waals surface area contributed by atoms with Crippen molar-refractivity contribution in [2.45, 2.75) is 41.3 Å². The van der Waals surface area contributed by atoms with Crippen LogP contribution in [0.5, 0.6) is 11.5 Å². The Morgan fingerprint density at radius 1 is 0.627 bits per heavy atom. The molecular formula is C45H54Cl2N12O8. The second-order valence-electron chi connectivity index (χ2n) is 15.0. The molecule has 0 spiro atoms. The standard InChI is InChI=1S/C21H23ClN6O3.C19H21ClN6O2.C4H6O3.CH4/c1-14(29)24-19-6-3-15-12-23-28(21(15)25-19)13-20(30)27-9-7-26(8-10-27)16-4-5-17(22)18(11-16)31-2;1-28-16-10-14(3-4-15(16)20)24-6-8-25(9-7-24)18(27)12-26-19-13(11-22-26)2-5-17(21)23-19;1-3(5)7-4(2)6;/h3-6,11-12H,7-10,13H2,1-2H3,(H,24,25,29);2-5,10-11H,6-9,12H2,1H3,(H2,21,23);1-2H3;1H4. The maximum atomic E-state index is 12.9.